The first kappa shape index (κ1) is 18.9. The lowest BCUT2D eigenvalue weighted by Crippen LogP contribution is -2.64. The molecule has 1 aromatic carbocycles. The van der Waals surface area contributed by atoms with E-state index in [4.69, 9.17) is 0 Å². The summed E-state index contributed by atoms with van der Waals surface area (Å²) in [6.07, 6.45) is 1.02. The van der Waals surface area contributed by atoms with Gasteiger partial charge in [-0.1, -0.05) is 0 Å². The maximum Gasteiger partial charge on any atom is 0.328 e. The molecule has 0 bridgehead atoms. The molecule has 152 valence electrons. The first-order valence-corrected chi connectivity index (χ1v) is 9.08. The number of nitrogens with zero attached hydrogens (tertiary/aromatic N) is 5. The zero-order valence-electron chi connectivity index (χ0n) is 16.2. The second-order valence-corrected chi connectivity index (χ2v) is 6.99. The largest absolute Gasteiger partial charge is 0.469 e. The molecule has 2 unspecified atom stereocenters. The Hall–Kier alpha value is -3.43. The summed E-state index contributed by atoms with van der Waals surface area (Å²) in [5, 5.41) is 0. The topological polar surface area (TPSA) is 85.8 Å². The molecule has 1 fully saturated rings. The number of anilines is 1. The Kier molecular flexibility index (Phi) is 4.48. The average Bonchev–Trinajstić information content (AvgIpc) is 3.21. The SMILES string of the molecule is COC(=O)CCN1C(=O)C2C(N=C3N(c4ccc(F)cc4)C(C)=CN32)N(C)C1=O. The lowest BCUT2D eigenvalue weighted by Gasteiger charge is -2.40. The third-order valence-electron chi connectivity index (χ3n) is 5.24. The van der Waals surface area contributed by atoms with Crippen LogP contribution in [0.1, 0.15) is 13.3 Å². The zero-order chi connectivity index (χ0) is 20.9. The smallest absolute Gasteiger partial charge is 0.328 e. The van der Waals surface area contributed by atoms with Crippen LogP contribution in [-0.4, -0.2) is 71.5 Å². The number of hydrogen-bond acceptors (Lipinski definition) is 7. The number of amides is 3. The van der Waals surface area contributed by atoms with Crippen LogP contribution in [0.4, 0.5) is 14.9 Å². The van der Waals surface area contributed by atoms with Crippen molar-refractivity contribution in [1.29, 1.82) is 0 Å². The summed E-state index contributed by atoms with van der Waals surface area (Å²) in [6.45, 7) is 1.79. The summed E-state index contributed by atoms with van der Waals surface area (Å²) in [7, 11) is 2.83. The van der Waals surface area contributed by atoms with Gasteiger partial charge < -0.3 is 14.5 Å². The minimum atomic E-state index is -0.731. The standard InChI is InChI=1S/C19H20FN5O4/c1-11-10-24-15-16(21-18(24)25(11)13-6-4-12(20)5-7-13)22(2)19(28)23(17(15)27)9-8-14(26)29-3/h4-7,10,15-16H,8-9H2,1-3H3. The first-order chi connectivity index (χ1) is 13.8. The van der Waals surface area contributed by atoms with E-state index in [2.05, 4.69) is 9.73 Å². The lowest BCUT2D eigenvalue weighted by molar-refractivity contribution is -0.142. The molecule has 0 aliphatic carbocycles. The fraction of sp³-hybridized carbons (Fsp3) is 0.368. The number of carbonyl (C=O) groups excluding carboxylic acids is 3. The molecule has 3 aliphatic rings. The number of ether oxygens (including phenoxy) is 1. The number of guanidine groups is 1. The second kappa shape index (κ2) is 6.87. The Balaban J connectivity index is 1.64. The third kappa shape index (κ3) is 2.91. The fourth-order valence-electron chi connectivity index (χ4n) is 3.77. The zero-order valence-corrected chi connectivity index (χ0v) is 16.2. The Morgan fingerprint density at radius 2 is 1.93 bits per heavy atom. The molecule has 3 aliphatic heterocycles. The second-order valence-electron chi connectivity index (χ2n) is 6.99. The van der Waals surface area contributed by atoms with Gasteiger partial charge in [0.15, 0.2) is 12.2 Å². The summed E-state index contributed by atoms with van der Waals surface area (Å²) in [5.41, 5.74) is 1.51. The molecule has 0 saturated carbocycles. The van der Waals surface area contributed by atoms with Gasteiger partial charge >= 0.3 is 12.0 Å². The summed E-state index contributed by atoms with van der Waals surface area (Å²) in [5.74, 6) is -0.786. The number of halogens is 1. The Bertz CT molecular complexity index is 944. The van der Waals surface area contributed by atoms with Crippen LogP contribution in [0.25, 0.3) is 0 Å². The van der Waals surface area contributed by atoms with Crippen molar-refractivity contribution in [2.45, 2.75) is 25.6 Å². The molecular formula is C19H20FN5O4. The van der Waals surface area contributed by atoms with Gasteiger partial charge in [0.05, 0.1) is 13.5 Å². The van der Waals surface area contributed by atoms with Crippen LogP contribution in [0.15, 0.2) is 41.2 Å². The van der Waals surface area contributed by atoms with Crippen molar-refractivity contribution in [1.82, 2.24) is 14.7 Å². The predicted octanol–water partition coefficient (Wildman–Crippen LogP) is 1.33. The predicted molar refractivity (Wildman–Crippen MR) is 101 cm³/mol. The molecule has 29 heavy (non-hydrogen) atoms. The molecule has 2 atom stereocenters. The molecule has 10 heteroatoms. The van der Waals surface area contributed by atoms with Gasteiger partial charge in [0.1, 0.15) is 5.82 Å². The molecule has 0 N–H and O–H groups in total. The molecule has 0 radical (unpaired) electrons. The molecule has 1 aromatic rings. The fourth-order valence-corrected chi connectivity index (χ4v) is 3.77. The highest BCUT2D eigenvalue weighted by Crippen LogP contribution is 2.36. The van der Waals surface area contributed by atoms with Gasteiger partial charge in [-0.2, -0.15) is 0 Å². The minimum Gasteiger partial charge on any atom is -0.469 e. The number of benzene rings is 1. The number of urea groups is 1. The summed E-state index contributed by atoms with van der Waals surface area (Å²) < 4.78 is 17.9. The van der Waals surface area contributed by atoms with Crippen LogP contribution < -0.4 is 4.90 Å². The highest BCUT2D eigenvalue weighted by molar-refractivity contribution is 6.09. The number of allylic oxidation sites excluding steroid dienone is 1. The molecular weight excluding hydrogens is 381 g/mol. The number of methoxy groups -OCH3 is 1. The monoisotopic (exact) mass is 401 g/mol. The van der Waals surface area contributed by atoms with Gasteiger partial charge in [0, 0.05) is 31.2 Å². The van der Waals surface area contributed by atoms with E-state index >= 15 is 0 Å². The molecule has 4 rings (SSSR count). The van der Waals surface area contributed by atoms with E-state index in [9.17, 15) is 18.8 Å². The number of likely N-dealkylation sites (N-methyl/N-ethyl adjacent to an activating group) is 1. The Labute approximate surface area is 166 Å². The summed E-state index contributed by atoms with van der Waals surface area (Å²) in [4.78, 5) is 47.8. The van der Waals surface area contributed by atoms with Crippen molar-refractivity contribution in [3.63, 3.8) is 0 Å². The van der Waals surface area contributed by atoms with Crippen molar-refractivity contribution >= 4 is 29.6 Å². The van der Waals surface area contributed by atoms with Gasteiger partial charge in [-0.25, -0.2) is 14.2 Å². The van der Waals surface area contributed by atoms with Crippen LogP contribution >= 0.6 is 0 Å². The van der Waals surface area contributed by atoms with E-state index in [0.717, 1.165) is 10.6 Å². The van der Waals surface area contributed by atoms with Crippen molar-refractivity contribution in [2.75, 3.05) is 25.6 Å². The summed E-state index contributed by atoms with van der Waals surface area (Å²) >= 11 is 0. The Morgan fingerprint density at radius 1 is 1.24 bits per heavy atom. The van der Waals surface area contributed by atoms with Crippen molar-refractivity contribution in [3.8, 4) is 0 Å². The van der Waals surface area contributed by atoms with Crippen LogP contribution in [0.3, 0.4) is 0 Å². The molecule has 1 saturated heterocycles. The van der Waals surface area contributed by atoms with Crippen LogP contribution in [-0.2, 0) is 14.3 Å². The van der Waals surface area contributed by atoms with Gasteiger partial charge in [0.2, 0.25) is 5.96 Å². The van der Waals surface area contributed by atoms with Gasteiger partial charge in [-0.3, -0.25) is 19.4 Å². The number of hydrogen-bond donors (Lipinski definition) is 0. The van der Waals surface area contributed by atoms with E-state index in [-0.39, 0.29) is 18.8 Å². The van der Waals surface area contributed by atoms with E-state index in [1.807, 2.05) is 11.8 Å². The van der Waals surface area contributed by atoms with E-state index in [1.54, 1.807) is 30.3 Å². The van der Waals surface area contributed by atoms with Crippen LogP contribution in [0, 0.1) is 5.82 Å². The highest BCUT2D eigenvalue weighted by atomic mass is 19.1. The number of carbonyl (C=O) groups is 3. The normalized spacial score (nSPS) is 23.2. The van der Waals surface area contributed by atoms with Gasteiger partial charge in [-0.15, -0.1) is 0 Å². The van der Waals surface area contributed by atoms with Crippen molar-refractivity contribution < 1.29 is 23.5 Å². The first-order valence-electron chi connectivity index (χ1n) is 9.08. The Morgan fingerprint density at radius 3 is 2.59 bits per heavy atom. The van der Waals surface area contributed by atoms with E-state index < -0.39 is 30.1 Å². The molecule has 0 spiro atoms. The number of fused-ring (bicyclic) bond motifs is 3. The molecule has 9 nitrogen and oxygen atoms in total. The van der Waals surface area contributed by atoms with Crippen molar-refractivity contribution in [3.05, 3.63) is 42.0 Å². The molecule has 3 amide bonds. The maximum atomic E-state index is 13.3. The average molecular weight is 401 g/mol. The van der Waals surface area contributed by atoms with Gasteiger partial charge in [-0.05, 0) is 31.2 Å². The number of rotatable bonds is 4. The molecule has 0 aromatic heterocycles. The molecule has 3 heterocycles. The minimum absolute atomic E-state index is 0.0640. The lowest BCUT2D eigenvalue weighted by atomic mass is 10.1. The maximum absolute atomic E-state index is 13.3. The van der Waals surface area contributed by atoms with Crippen LogP contribution in [0.5, 0.6) is 0 Å². The van der Waals surface area contributed by atoms with Gasteiger partial charge in [0.25, 0.3) is 5.91 Å². The van der Waals surface area contributed by atoms with Crippen LogP contribution in [0.2, 0.25) is 0 Å². The number of esters is 1. The summed E-state index contributed by atoms with van der Waals surface area (Å²) in [6, 6.07) is 4.71. The highest BCUT2D eigenvalue weighted by Gasteiger charge is 2.54. The van der Waals surface area contributed by atoms with E-state index in [1.165, 1.54) is 24.1 Å². The number of imide groups is 1. The third-order valence-corrected chi connectivity index (χ3v) is 5.24. The van der Waals surface area contributed by atoms with E-state index in [0.29, 0.717) is 11.6 Å². The van der Waals surface area contributed by atoms with Crippen molar-refractivity contribution in [2.24, 2.45) is 4.99 Å². The number of aliphatic imine (C=N–C) groups is 1. The quantitative estimate of drug-likeness (QED) is 0.708.